The summed E-state index contributed by atoms with van der Waals surface area (Å²) in [5.41, 5.74) is 2.79. The lowest BCUT2D eigenvalue weighted by molar-refractivity contribution is -0.131. The van der Waals surface area contributed by atoms with E-state index in [-0.39, 0.29) is 17.1 Å². The summed E-state index contributed by atoms with van der Waals surface area (Å²) < 4.78 is 5.28. The van der Waals surface area contributed by atoms with Gasteiger partial charge in [0, 0.05) is 20.1 Å². The Morgan fingerprint density at radius 3 is 1.90 bits per heavy atom. The highest BCUT2D eigenvalue weighted by atomic mass is 35.5. The number of benzene rings is 3. The molecule has 3 aromatic carbocycles. The number of hydrogen-bond donors (Lipinski definition) is 1. The molecule has 0 saturated heterocycles. The Kier molecular flexibility index (Phi) is 5.81. The van der Waals surface area contributed by atoms with Crippen LogP contribution in [0.1, 0.15) is 11.1 Å². The minimum absolute atomic E-state index is 0.00317. The maximum Gasteiger partial charge on any atom is 0.348 e. The van der Waals surface area contributed by atoms with E-state index in [0.717, 1.165) is 11.1 Å². The first kappa shape index (κ1) is 20.8. The molecule has 7 heteroatoms. The third-order valence-corrected chi connectivity index (χ3v) is 5.28. The number of cyclic esters (lactones) is 1. The highest BCUT2D eigenvalue weighted by Crippen LogP contribution is 2.35. The van der Waals surface area contributed by atoms with Gasteiger partial charge >= 0.3 is 5.97 Å². The number of halogens is 4. The van der Waals surface area contributed by atoms with E-state index in [4.69, 9.17) is 51.1 Å². The maximum atomic E-state index is 12.4. The van der Waals surface area contributed by atoms with Crippen molar-refractivity contribution in [2.45, 2.75) is 0 Å². The molecule has 0 radical (unpaired) electrons. The molecule has 1 heterocycles. The van der Waals surface area contributed by atoms with E-state index in [9.17, 15) is 9.90 Å². The molecular formula is C23H12Cl4O3. The van der Waals surface area contributed by atoms with Crippen molar-refractivity contribution >= 4 is 64.0 Å². The summed E-state index contributed by atoms with van der Waals surface area (Å²) in [6.45, 7) is 0. The predicted molar refractivity (Wildman–Crippen MR) is 122 cm³/mol. The fourth-order valence-corrected chi connectivity index (χ4v) is 4.20. The van der Waals surface area contributed by atoms with E-state index >= 15 is 0 Å². The Labute approximate surface area is 192 Å². The summed E-state index contributed by atoms with van der Waals surface area (Å²) in [4.78, 5) is 12.4. The molecule has 0 bridgehead atoms. The van der Waals surface area contributed by atoms with E-state index in [1.807, 2.05) is 24.3 Å². The Bertz CT molecular complexity index is 1200. The summed E-state index contributed by atoms with van der Waals surface area (Å²) in [7, 11) is 0. The Morgan fingerprint density at radius 1 is 0.733 bits per heavy atom. The first-order valence-corrected chi connectivity index (χ1v) is 10.2. The van der Waals surface area contributed by atoms with Gasteiger partial charge in [-0.15, -0.1) is 0 Å². The molecule has 0 atom stereocenters. The molecule has 0 fully saturated rings. The zero-order chi connectivity index (χ0) is 21.4. The molecule has 3 aromatic rings. The molecule has 0 saturated carbocycles. The van der Waals surface area contributed by atoms with Crippen molar-refractivity contribution in [1.82, 2.24) is 0 Å². The van der Waals surface area contributed by atoms with E-state index in [1.54, 1.807) is 24.3 Å². The van der Waals surface area contributed by atoms with Crippen molar-refractivity contribution in [1.29, 1.82) is 0 Å². The lowest BCUT2D eigenvalue weighted by Gasteiger charge is -2.05. The van der Waals surface area contributed by atoms with Crippen LogP contribution in [0, 0.1) is 0 Å². The molecule has 0 spiro atoms. The Morgan fingerprint density at radius 2 is 1.30 bits per heavy atom. The van der Waals surface area contributed by atoms with E-state index in [2.05, 4.69) is 0 Å². The molecule has 0 aliphatic carbocycles. The van der Waals surface area contributed by atoms with Crippen LogP contribution in [-0.2, 0) is 9.53 Å². The van der Waals surface area contributed by atoms with Crippen molar-refractivity contribution in [3.05, 3.63) is 103 Å². The van der Waals surface area contributed by atoms with E-state index < -0.39 is 5.97 Å². The van der Waals surface area contributed by atoms with Crippen LogP contribution < -0.4 is 0 Å². The molecular weight excluding hydrogens is 466 g/mol. The monoisotopic (exact) mass is 476 g/mol. The third kappa shape index (κ3) is 4.35. The van der Waals surface area contributed by atoms with Crippen LogP contribution in [0.3, 0.4) is 0 Å². The van der Waals surface area contributed by atoms with Crippen LogP contribution in [-0.4, -0.2) is 11.1 Å². The maximum absolute atomic E-state index is 12.4. The number of esters is 1. The summed E-state index contributed by atoms with van der Waals surface area (Å²) in [5.74, 6) is -0.934. The van der Waals surface area contributed by atoms with Gasteiger partial charge in [0.05, 0.1) is 0 Å². The van der Waals surface area contributed by atoms with Crippen molar-refractivity contribution in [2.75, 3.05) is 0 Å². The molecule has 1 aliphatic heterocycles. The van der Waals surface area contributed by atoms with Gasteiger partial charge < -0.3 is 9.84 Å². The average Bonchev–Trinajstić information content (AvgIpc) is 2.93. The third-order valence-electron chi connectivity index (χ3n) is 4.41. The second kappa shape index (κ2) is 8.37. The molecule has 4 rings (SSSR count). The minimum Gasteiger partial charge on any atom is -0.504 e. The molecule has 150 valence electrons. The summed E-state index contributed by atoms with van der Waals surface area (Å²) >= 11 is 24.2. The summed E-state index contributed by atoms with van der Waals surface area (Å²) in [6.07, 6.45) is 1.57. The fourth-order valence-electron chi connectivity index (χ4n) is 3.15. The van der Waals surface area contributed by atoms with Gasteiger partial charge in [-0.1, -0.05) is 64.6 Å². The second-order valence-corrected chi connectivity index (χ2v) is 8.31. The van der Waals surface area contributed by atoms with Crippen molar-refractivity contribution in [3.8, 4) is 11.1 Å². The largest absolute Gasteiger partial charge is 0.504 e. The van der Waals surface area contributed by atoms with Gasteiger partial charge in [-0.2, -0.15) is 0 Å². The standard InChI is InChI=1S/C23H12Cl4O3/c24-16-6-14(7-17(25)10-16)13-3-1-2-12(4-13)5-20-22(28)21(23(29)30-20)15-8-18(26)11-19(27)9-15/h1-11,28H. The zero-order valence-electron chi connectivity index (χ0n) is 15.1. The molecule has 0 aromatic heterocycles. The number of rotatable bonds is 3. The summed E-state index contributed by atoms with van der Waals surface area (Å²) in [6, 6.07) is 17.3. The first-order chi connectivity index (χ1) is 14.3. The molecule has 0 amide bonds. The highest BCUT2D eigenvalue weighted by Gasteiger charge is 2.31. The first-order valence-electron chi connectivity index (χ1n) is 8.70. The zero-order valence-corrected chi connectivity index (χ0v) is 18.2. The lowest BCUT2D eigenvalue weighted by Crippen LogP contribution is -1.98. The molecule has 1 N–H and O–H groups in total. The normalized spacial score (nSPS) is 15.1. The average molecular weight is 478 g/mol. The Balaban J connectivity index is 1.73. The summed E-state index contributed by atoms with van der Waals surface area (Å²) in [5, 5.41) is 12.4. The van der Waals surface area contributed by atoms with Crippen molar-refractivity contribution in [2.24, 2.45) is 0 Å². The quantitative estimate of drug-likeness (QED) is 0.391. The van der Waals surface area contributed by atoms with Crippen LogP contribution in [0.2, 0.25) is 20.1 Å². The van der Waals surface area contributed by atoms with Crippen LogP contribution in [0.4, 0.5) is 0 Å². The molecule has 30 heavy (non-hydrogen) atoms. The number of carbonyl (C=O) groups excluding carboxylic acids is 1. The van der Waals surface area contributed by atoms with E-state index in [1.165, 1.54) is 18.2 Å². The molecule has 1 aliphatic rings. The van der Waals surface area contributed by atoms with E-state index in [0.29, 0.717) is 31.2 Å². The van der Waals surface area contributed by atoms with Crippen LogP contribution in [0.15, 0.2) is 72.2 Å². The SMILES string of the molecule is O=C1OC(=Cc2cccc(-c3cc(Cl)cc(Cl)c3)c2)C(O)=C1c1cc(Cl)cc(Cl)c1. The molecule has 0 unspecified atom stereocenters. The molecule has 3 nitrogen and oxygen atoms in total. The number of hydrogen-bond acceptors (Lipinski definition) is 3. The lowest BCUT2D eigenvalue weighted by atomic mass is 10.0. The number of ether oxygens (including phenoxy) is 1. The predicted octanol–water partition coefficient (Wildman–Crippen LogP) is 7.83. The van der Waals surface area contributed by atoms with Gasteiger partial charge in [-0.05, 0) is 70.8 Å². The fraction of sp³-hybridized carbons (Fsp3) is 0. The van der Waals surface area contributed by atoms with Gasteiger partial charge in [-0.3, -0.25) is 0 Å². The second-order valence-electron chi connectivity index (χ2n) is 6.56. The van der Waals surface area contributed by atoms with Gasteiger partial charge in [0.1, 0.15) is 5.57 Å². The van der Waals surface area contributed by atoms with Crippen LogP contribution in [0.5, 0.6) is 0 Å². The van der Waals surface area contributed by atoms with Gasteiger partial charge in [0.15, 0.2) is 11.5 Å². The van der Waals surface area contributed by atoms with Gasteiger partial charge in [-0.25, -0.2) is 4.79 Å². The highest BCUT2D eigenvalue weighted by molar-refractivity contribution is 6.36. The smallest absolute Gasteiger partial charge is 0.348 e. The van der Waals surface area contributed by atoms with Crippen molar-refractivity contribution in [3.63, 3.8) is 0 Å². The van der Waals surface area contributed by atoms with Gasteiger partial charge in [0.25, 0.3) is 0 Å². The topological polar surface area (TPSA) is 46.5 Å². The Hall–Kier alpha value is -2.43. The van der Waals surface area contributed by atoms with Crippen LogP contribution in [0.25, 0.3) is 22.8 Å². The minimum atomic E-state index is -0.685. The van der Waals surface area contributed by atoms with Crippen LogP contribution >= 0.6 is 46.4 Å². The van der Waals surface area contributed by atoms with Crippen molar-refractivity contribution < 1.29 is 14.6 Å². The number of aliphatic hydroxyl groups is 1. The number of carbonyl (C=O) groups is 1. The van der Waals surface area contributed by atoms with Gasteiger partial charge in [0.2, 0.25) is 0 Å². The number of aliphatic hydroxyl groups excluding tert-OH is 1.